The molecule has 0 radical (unpaired) electrons. The summed E-state index contributed by atoms with van der Waals surface area (Å²) in [7, 11) is 0. The van der Waals surface area contributed by atoms with Gasteiger partial charge in [0.05, 0.1) is 0 Å². The lowest BCUT2D eigenvalue weighted by Gasteiger charge is -2.27. The molecule has 5 heteroatoms. The van der Waals surface area contributed by atoms with E-state index in [0.717, 1.165) is 47.4 Å². The first kappa shape index (κ1) is 15.0. The van der Waals surface area contributed by atoms with Crippen LogP contribution in [0.5, 0.6) is 0 Å². The summed E-state index contributed by atoms with van der Waals surface area (Å²) in [4.78, 5) is 3.17. The summed E-state index contributed by atoms with van der Waals surface area (Å²) in [6, 6.07) is 11.1. The van der Waals surface area contributed by atoms with Gasteiger partial charge in [-0.1, -0.05) is 12.1 Å². The SMILES string of the molecule is Cc1cccc(F)c1-c1cc(NCC2CNC2)c2cc(N)[nH]c2c1. The van der Waals surface area contributed by atoms with Crippen LogP contribution in [-0.2, 0) is 0 Å². The molecule has 1 aliphatic rings. The molecule has 1 fully saturated rings. The molecule has 5 N–H and O–H groups in total. The Bertz CT molecular complexity index is 876. The molecule has 0 atom stereocenters. The van der Waals surface area contributed by atoms with Gasteiger partial charge in [0.1, 0.15) is 11.6 Å². The van der Waals surface area contributed by atoms with Crippen molar-refractivity contribution in [3.63, 3.8) is 0 Å². The zero-order valence-corrected chi connectivity index (χ0v) is 13.6. The average Bonchev–Trinajstić information content (AvgIpc) is 2.86. The van der Waals surface area contributed by atoms with Crippen LogP contribution in [0.2, 0.25) is 0 Å². The van der Waals surface area contributed by atoms with Gasteiger partial charge in [-0.2, -0.15) is 0 Å². The first-order valence-corrected chi connectivity index (χ1v) is 8.24. The number of halogens is 1. The predicted octanol–water partition coefficient (Wildman–Crippen LogP) is 3.50. The van der Waals surface area contributed by atoms with Gasteiger partial charge in [-0.3, -0.25) is 0 Å². The Labute approximate surface area is 140 Å². The fourth-order valence-electron chi connectivity index (χ4n) is 3.29. The molecule has 1 aromatic heterocycles. The van der Waals surface area contributed by atoms with Gasteiger partial charge < -0.3 is 21.4 Å². The second-order valence-corrected chi connectivity index (χ2v) is 6.55. The minimum atomic E-state index is -0.206. The maximum Gasteiger partial charge on any atom is 0.131 e. The van der Waals surface area contributed by atoms with Crippen molar-refractivity contribution >= 4 is 22.4 Å². The van der Waals surface area contributed by atoms with E-state index in [1.54, 1.807) is 6.07 Å². The van der Waals surface area contributed by atoms with Gasteiger partial charge in [-0.25, -0.2) is 4.39 Å². The molecule has 2 aromatic carbocycles. The lowest BCUT2D eigenvalue weighted by atomic mass is 9.97. The molecule has 0 aliphatic carbocycles. The summed E-state index contributed by atoms with van der Waals surface area (Å²) >= 11 is 0. The van der Waals surface area contributed by atoms with E-state index in [2.05, 4.69) is 15.6 Å². The van der Waals surface area contributed by atoms with E-state index < -0.39 is 0 Å². The highest BCUT2D eigenvalue weighted by atomic mass is 19.1. The summed E-state index contributed by atoms with van der Waals surface area (Å²) in [5.41, 5.74) is 10.3. The standard InChI is InChI=1S/C19H21FN4/c1-11-3-2-4-15(20)19(11)13-5-16(23-10-12-8-22-9-12)14-7-18(21)24-17(14)6-13/h2-7,12,22-24H,8-10,21H2,1H3. The lowest BCUT2D eigenvalue weighted by molar-refractivity contribution is 0.365. The number of benzene rings is 2. The number of rotatable bonds is 4. The van der Waals surface area contributed by atoms with Crippen molar-refractivity contribution in [1.82, 2.24) is 10.3 Å². The number of aryl methyl sites for hydroxylation is 1. The van der Waals surface area contributed by atoms with E-state index in [-0.39, 0.29) is 5.82 Å². The van der Waals surface area contributed by atoms with Gasteiger partial charge in [0.25, 0.3) is 0 Å². The summed E-state index contributed by atoms with van der Waals surface area (Å²) < 4.78 is 14.4. The number of hydrogen-bond donors (Lipinski definition) is 4. The van der Waals surface area contributed by atoms with Crippen LogP contribution in [0.1, 0.15) is 5.56 Å². The second-order valence-electron chi connectivity index (χ2n) is 6.55. The third-order valence-corrected chi connectivity index (χ3v) is 4.72. The van der Waals surface area contributed by atoms with E-state index in [4.69, 9.17) is 5.73 Å². The highest BCUT2D eigenvalue weighted by Gasteiger charge is 2.18. The van der Waals surface area contributed by atoms with Gasteiger partial charge in [-0.15, -0.1) is 0 Å². The molecule has 0 amide bonds. The normalized spacial score (nSPS) is 14.8. The number of aromatic nitrogens is 1. The van der Waals surface area contributed by atoms with Gasteiger partial charge in [0.2, 0.25) is 0 Å². The lowest BCUT2D eigenvalue weighted by Crippen LogP contribution is -2.45. The first-order valence-electron chi connectivity index (χ1n) is 8.24. The van der Waals surface area contributed by atoms with Crippen LogP contribution in [0.3, 0.4) is 0 Å². The minimum Gasteiger partial charge on any atom is -0.385 e. The van der Waals surface area contributed by atoms with E-state index in [1.807, 2.05) is 31.2 Å². The third kappa shape index (κ3) is 2.61. The molecule has 24 heavy (non-hydrogen) atoms. The van der Waals surface area contributed by atoms with Crippen molar-refractivity contribution in [3.8, 4) is 11.1 Å². The molecule has 2 heterocycles. The number of nitrogen functional groups attached to an aromatic ring is 1. The van der Waals surface area contributed by atoms with Crippen LogP contribution < -0.4 is 16.4 Å². The fourth-order valence-corrected chi connectivity index (χ4v) is 3.29. The van der Waals surface area contributed by atoms with Crippen LogP contribution in [0.4, 0.5) is 15.9 Å². The Morgan fingerprint density at radius 2 is 2.08 bits per heavy atom. The Morgan fingerprint density at radius 1 is 1.25 bits per heavy atom. The highest BCUT2D eigenvalue weighted by Crippen LogP contribution is 2.34. The molecule has 3 aromatic rings. The predicted molar refractivity (Wildman–Crippen MR) is 97.7 cm³/mol. The molecule has 1 aliphatic heterocycles. The molecule has 124 valence electrons. The van der Waals surface area contributed by atoms with Gasteiger partial charge in [0.15, 0.2) is 0 Å². The van der Waals surface area contributed by atoms with Crippen molar-refractivity contribution < 1.29 is 4.39 Å². The topological polar surface area (TPSA) is 65.9 Å². The number of hydrogen-bond acceptors (Lipinski definition) is 3. The monoisotopic (exact) mass is 324 g/mol. The van der Waals surface area contributed by atoms with Crippen LogP contribution in [0.25, 0.3) is 22.0 Å². The highest BCUT2D eigenvalue weighted by molar-refractivity contribution is 5.98. The molecule has 1 saturated heterocycles. The van der Waals surface area contributed by atoms with E-state index in [0.29, 0.717) is 17.3 Å². The van der Waals surface area contributed by atoms with Gasteiger partial charge >= 0.3 is 0 Å². The molecule has 4 rings (SSSR count). The number of nitrogens with one attached hydrogen (secondary N) is 3. The number of aromatic amines is 1. The van der Waals surface area contributed by atoms with E-state index in [1.165, 1.54) is 6.07 Å². The summed E-state index contributed by atoms with van der Waals surface area (Å²) in [6.45, 7) is 4.90. The number of nitrogens with two attached hydrogens (primary N) is 1. The molecule has 4 nitrogen and oxygen atoms in total. The van der Waals surface area contributed by atoms with Gasteiger partial charge in [0, 0.05) is 47.7 Å². The summed E-state index contributed by atoms with van der Waals surface area (Å²) in [6.07, 6.45) is 0. The summed E-state index contributed by atoms with van der Waals surface area (Å²) in [5.74, 6) is 1.04. The molecular weight excluding hydrogens is 303 g/mol. The van der Waals surface area contributed by atoms with Crippen molar-refractivity contribution in [2.24, 2.45) is 5.92 Å². The van der Waals surface area contributed by atoms with Crippen molar-refractivity contribution in [1.29, 1.82) is 0 Å². The molecule has 0 spiro atoms. The third-order valence-electron chi connectivity index (χ3n) is 4.72. The molecule has 0 bridgehead atoms. The Hall–Kier alpha value is -2.53. The van der Waals surface area contributed by atoms with Crippen molar-refractivity contribution in [2.75, 3.05) is 30.7 Å². The fraction of sp³-hybridized carbons (Fsp3) is 0.263. The van der Waals surface area contributed by atoms with Crippen LogP contribution in [0, 0.1) is 18.7 Å². The zero-order chi connectivity index (χ0) is 16.7. The van der Waals surface area contributed by atoms with Crippen LogP contribution in [-0.4, -0.2) is 24.6 Å². The quantitative estimate of drug-likeness (QED) is 0.594. The maximum atomic E-state index is 14.4. The average molecular weight is 324 g/mol. The van der Waals surface area contributed by atoms with E-state index in [9.17, 15) is 4.39 Å². The largest absolute Gasteiger partial charge is 0.385 e. The Morgan fingerprint density at radius 3 is 2.79 bits per heavy atom. The molecular formula is C19H21FN4. The van der Waals surface area contributed by atoms with E-state index >= 15 is 0 Å². The smallest absolute Gasteiger partial charge is 0.131 e. The van der Waals surface area contributed by atoms with Crippen molar-refractivity contribution in [3.05, 3.63) is 47.8 Å². The van der Waals surface area contributed by atoms with Gasteiger partial charge in [-0.05, 0) is 42.3 Å². The number of fused-ring (bicyclic) bond motifs is 1. The number of H-pyrrole nitrogens is 1. The number of anilines is 2. The Balaban J connectivity index is 1.81. The molecule has 0 unspecified atom stereocenters. The maximum absolute atomic E-state index is 14.4. The second kappa shape index (κ2) is 5.83. The summed E-state index contributed by atoms with van der Waals surface area (Å²) in [5, 5.41) is 7.83. The zero-order valence-electron chi connectivity index (χ0n) is 13.6. The van der Waals surface area contributed by atoms with Crippen LogP contribution in [0.15, 0.2) is 36.4 Å². The van der Waals surface area contributed by atoms with Crippen LogP contribution >= 0.6 is 0 Å². The Kier molecular flexibility index (Phi) is 3.65. The van der Waals surface area contributed by atoms with Crippen molar-refractivity contribution in [2.45, 2.75) is 6.92 Å². The molecule has 0 saturated carbocycles. The first-order chi connectivity index (χ1) is 11.6. The minimum absolute atomic E-state index is 0.206.